The molecule has 3 aromatic carbocycles. The number of hydrogen-bond donors (Lipinski definition) is 0. The number of rotatable bonds is 10. The van der Waals surface area contributed by atoms with Crippen LogP contribution >= 0.6 is 0 Å². The highest BCUT2D eigenvalue weighted by Gasteiger charge is 2.26. The number of carbonyl (C=O) groups excluding carboxylic acids is 2. The van der Waals surface area contributed by atoms with Crippen LogP contribution in [0.5, 0.6) is 0 Å². The van der Waals surface area contributed by atoms with Gasteiger partial charge in [-0.15, -0.1) is 0 Å². The molecule has 4 heterocycles. The summed E-state index contributed by atoms with van der Waals surface area (Å²) in [6.45, 7) is 9.82. The van der Waals surface area contributed by atoms with Gasteiger partial charge in [-0.05, 0) is 104 Å². The molecule has 0 N–H and O–H groups in total. The van der Waals surface area contributed by atoms with Crippen molar-refractivity contribution in [2.75, 3.05) is 40.4 Å². The van der Waals surface area contributed by atoms with Gasteiger partial charge in [-0.1, -0.05) is 29.8 Å². The molecule has 1 fully saturated rings. The lowest BCUT2D eigenvalue weighted by Crippen LogP contribution is -2.33. The maximum absolute atomic E-state index is 14.1. The fraction of sp³-hybridized carbons (Fsp3) is 0.381. The highest BCUT2D eigenvalue weighted by atomic mass is 32.2. The van der Waals surface area contributed by atoms with Crippen LogP contribution < -0.4 is 0 Å². The standard InChI is InChI=1S/C42H47N5O5S/c1-27-6-9-35(10-7-27)53(50,51)47-26-38(31-8-11-37(29(3)20-31)42(49)45(4)5)40-41(47)43-24-39(44-40)32-21-28(2)36-13-17-46(25-33(36)23-32)16-12-34(48)22-30-14-18-52-19-15-30/h6-11,20-21,23-24,26,30H,12-19,22,25H2,1-5H3. The Balaban J connectivity index is 1.24. The summed E-state index contributed by atoms with van der Waals surface area (Å²) >= 11 is 0. The number of Topliss-reactive ketones (excluding diaryl/α,β-unsaturated/α-hetero) is 1. The normalized spacial score (nSPS) is 15.4. The van der Waals surface area contributed by atoms with Gasteiger partial charge in [-0.25, -0.2) is 22.4 Å². The second kappa shape index (κ2) is 15.0. The number of hydrogen-bond acceptors (Lipinski definition) is 8. The molecule has 5 aromatic rings. The van der Waals surface area contributed by atoms with Crippen molar-refractivity contribution in [2.45, 2.75) is 64.3 Å². The molecule has 0 bridgehead atoms. The lowest BCUT2D eigenvalue weighted by molar-refractivity contribution is -0.121. The van der Waals surface area contributed by atoms with E-state index in [-0.39, 0.29) is 16.4 Å². The van der Waals surface area contributed by atoms with Gasteiger partial charge < -0.3 is 9.64 Å². The van der Waals surface area contributed by atoms with Gasteiger partial charge in [0.05, 0.1) is 16.8 Å². The summed E-state index contributed by atoms with van der Waals surface area (Å²) in [6, 6.07) is 16.6. The molecular weight excluding hydrogens is 687 g/mol. The van der Waals surface area contributed by atoms with Crippen LogP contribution in [0, 0.1) is 26.7 Å². The second-order valence-electron chi connectivity index (χ2n) is 14.8. The van der Waals surface area contributed by atoms with Gasteiger partial charge in [0, 0.05) is 82.7 Å². The van der Waals surface area contributed by atoms with Gasteiger partial charge >= 0.3 is 0 Å². The smallest absolute Gasteiger partial charge is 0.269 e. The minimum absolute atomic E-state index is 0.108. The van der Waals surface area contributed by atoms with E-state index in [2.05, 4.69) is 24.0 Å². The third kappa shape index (κ3) is 7.56. The summed E-state index contributed by atoms with van der Waals surface area (Å²) in [5.41, 5.74) is 9.55. The molecule has 0 atom stereocenters. The molecule has 0 aliphatic carbocycles. The van der Waals surface area contributed by atoms with Gasteiger partial charge in [0.25, 0.3) is 15.9 Å². The first-order chi connectivity index (χ1) is 25.4. The van der Waals surface area contributed by atoms with E-state index >= 15 is 0 Å². The van der Waals surface area contributed by atoms with Crippen LogP contribution in [0.4, 0.5) is 0 Å². The molecule has 53 heavy (non-hydrogen) atoms. The van der Waals surface area contributed by atoms with Crippen LogP contribution in [0.2, 0.25) is 0 Å². The van der Waals surface area contributed by atoms with E-state index in [0.29, 0.717) is 46.9 Å². The number of aryl methyl sites for hydroxylation is 3. The van der Waals surface area contributed by atoms with Crippen molar-refractivity contribution < 1.29 is 22.7 Å². The van der Waals surface area contributed by atoms with E-state index in [1.807, 2.05) is 26.0 Å². The third-order valence-electron chi connectivity index (χ3n) is 10.7. The zero-order valence-corrected chi connectivity index (χ0v) is 32.0. The SMILES string of the molecule is Cc1ccc(S(=O)(=O)n2cc(-c3ccc(C(=O)N(C)C)c(C)c3)c3nc(-c4cc(C)c5c(c4)CN(CCC(=O)CC4CCOCC4)CC5)cnc32)cc1. The Morgan fingerprint density at radius 1 is 0.943 bits per heavy atom. The molecule has 2 aromatic heterocycles. The molecule has 11 heteroatoms. The van der Waals surface area contributed by atoms with Crippen molar-refractivity contribution in [3.05, 3.63) is 100 Å². The summed E-state index contributed by atoms with van der Waals surface area (Å²) in [5.74, 6) is 0.665. The number of ketones is 1. The van der Waals surface area contributed by atoms with E-state index in [0.717, 1.165) is 74.4 Å². The summed E-state index contributed by atoms with van der Waals surface area (Å²) in [5, 5.41) is 0. The first-order valence-electron chi connectivity index (χ1n) is 18.4. The van der Waals surface area contributed by atoms with Crippen molar-refractivity contribution in [1.29, 1.82) is 0 Å². The van der Waals surface area contributed by atoms with Crippen LogP contribution in [0.3, 0.4) is 0 Å². The zero-order valence-electron chi connectivity index (χ0n) is 31.2. The Kier molecular flexibility index (Phi) is 10.3. The zero-order chi connectivity index (χ0) is 37.4. The molecule has 276 valence electrons. The summed E-state index contributed by atoms with van der Waals surface area (Å²) in [6.07, 6.45) is 7.29. The predicted octanol–water partition coefficient (Wildman–Crippen LogP) is 6.76. The number of fused-ring (bicyclic) bond motifs is 2. The van der Waals surface area contributed by atoms with Gasteiger partial charge in [0.15, 0.2) is 5.65 Å². The van der Waals surface area contributed by atoms with E-state index in [1.165, 1.54) is 25.6 Å². The second-order valence-corrected chi connectivity index (χ2v) is 16.6. The summed E-state index contributed by atoms with van der Waals surface area (Å²) in [4.78, 5) is 39.6. The molecule has 0 spiro atoms. The van der Waals surface area contributed by atoms with Gasteiger partial charge in [-0.2, -0.15) is 0 Å². The minimum atomic E-state index is -4.02. The predicted molar refractivity (Wildman–Crippen MR) is 206 cm³/mol. The quantitative estimate of drug-likeness (QED) is 0.155. The van der Waals surface area contributed by atoms with Crippen LogP contribution in [0.1, 0.15) is 63.9 Å². The van der Waals surface area contributed by atoms with Crippen molar-refractivity contribution >= 4 is 32.9 Å². The maximum atomic E-state index is 14.1. The van der Waals surface area contributed by atoms with E-state index in [9.17, 15) is 18.0 Å². The van der Waals surface area contributed by atoms with Crippen LogP contribution in [0.15, 0.2) is 71.9 Å². The van der Waals surface area contributed by atoms with E-state index < -0.39 is 10.0 Å². The van der Waals surface area contributed by atoms with Crippen molar-refractivity contribution in [3.8, 4) is 22.4 Å². The first-order valence-corrected chi connectivity index (χ1v) is 19.8. The van der Waals surface area contributed by atoms with Crippen molar-refractivity contribution in [2.24, 2.45) is 5.92 Å². The number of benzene rings is 3. The highest BCUT2D eigenvalue weighted by Crippen LogP contribution is 2.35. The molecule has 7 rings (SSSR count). The average molecular weight is 734 g/mol. The Morgan fingerprint density at radius 3 is 2.40 bits per heavy atom. The Bertz CT molecular complexity index is 2310. The lowest BCUT2D eigenvalue weighted by Gasteiger charge is -2.30. The molecule has 10 nitrogen and oxygen atoms in total. The average Bonchev–Trinajstić information content (AvgIpc) is 3.54. The molecule has 2 aliphatic heterocycles. The maximum Gasteiger partial charge on any atom is 0.269 e. The van der Waals surface area contributed by atoms with Gasteiger partial charge in [0.2, 0.25) is 0 Å². The molecular formula is C42H47N5O5S. The van der Waals surface area contributed by atoms with Gasteiger partial charge in [-0.3, -0.25) is 14.5 Å². The monoisotopic (exact) mass is 733 g/mol. The largest absolute Gasteiger partial charge is 0.381 e. The number of amides is 1. The molecule has 1 amide bonds. The number of nitrogens with zero attached hydrogens (tertiary/aromatic N) is 5. The van der Waals surface area contributed by atoms with E-state index in [1.54, 1.807) is 56.8 Å². The molecule has 2 aliphatic rings. The summed E-state index contributed by atoms with van der Waals surface area (Å²) < 4.78 is 34.9. The minimum Gasteiger partial charge on any atom is -0.381 e. The Hall–Kier alpha value is -4.71. The van der Waals surface area contributed by atoms with Crippen molar-refractivity contribution in [1.82, 2.24) is 23.7 Å². The van der Waals surface area contributed by atoms with Crippen LogP contribution in [-0.2, 0) is 32.5 Å². The molecule has 1 saturated heterocycles. The molecule has 0 radical (unpaired) electrons. The Morgan fingerprint density at radius 2 is 1.68 bits per heavy atom. The topological polar surface area (TPSA) is 115 Å². The third-order valence-corrected chi connectivity index (χ3v) is 12.4. The van der Waals surface area contributed by atoms with Gasteiger partial charge in [0.1, 0.15) is 11.3 Å². The van der Waals surface area contributed by atoms with Crippen LogP contribution in [-0.4, -0.2) is 84.2 Å². The molecule has 0 unspecified atom stereocenters. The van der Waals surface area contributed by atoms with Crippen molar-refractivity contribution in [3.63, 3.8) is 0 Å². The highest BCUT2D eigenvalue weighted by molar-refractivity contribution is 7.90. The fourth-order valence-corrected chi connectivity index (χ4v) is 8.92. The lowest BCUT2D eigenvalue weighted by atomic mass is 9.91. The molecule has 0 saturated carbocycles. The number of carbonyl (C=O) groups is 2. The fourth-order valence-electron chi connectivity index (χ4n) is 7.61. The Labute approximate surface area is 311 Å². The number of aromatic nitrogens is 3. The number of ether oxygens (including phenoxy) is 1. The van der Waals surface area contributed by atoms with E-state index in [4.69, 9.17) is 14.7 Å². The first kappa shape index (κ1) is 36.6. The summed E-state index contributed by atoms with van der Waals surface area (Å²) in [7, 11) is -0.587. The van der Waals surface area contributed by atoms with Crippen LogP contribution in [0.25, 0.3) is 33.5 Å².